The quantitative estimate of drug-likeness (QED) is 0.767. The van der Waals surface area contributed by atoms with Gasteiger partial charge in [-0.15, -0.1) is 0 Å². The lowest BCUT2D eigenvalue weighted by Crippen LogP contribution is -2.44. The van der Waals surface area contributed by atoms with Crippen molar-refractivity contribution in [3.8, 4) is 11.1 Å². The average Bonchev–Trinajstić information content (AvgIpc) is 3.16. The van der Waals surface area contributed by atoms with E-state index in [-0.39, 0.29) is 11.8 Å². The molecule has 5 nitrogen and oxygen atoms in total. The van der Waals surface area contributed by atoms with Gasteiger partial charge in [0.25, 0.3) is 5.91 Å². The molecule has 1 amide bonds. The minimum absolute atomic E-state index is 0.164. The zero-order valence-electron chi connectivity index (χ0n) is 14.6. The first kappa shape index (κ1) is 16.4. The van der Waals surface area contributed by atoms with Crippen LogP contribution in [0, 0.1) is 5.92 Å². The molecule has 1 aromatic heterocycles. The Balaban J connectivity index is 1.74. The Kier molecular flexibility index (Phi) is 3.80. The molecule has 26 heavy (non-hydrogen) atoms. The van der Waals surface area contributed by atoms with Crippen molar-refractivity contribution >= 4 is 22.8 Å². The van der Waals surface area contributed by atoms with Gasteiger partial charge in [0, 0.05) is 23.1 Å². The number of carbonyl (C=O) groups excluding carboxylic acids is 1. The van der Waals surface area contributed by atoms with Gasteiger partial charge in [-0.2, -0.15) is 0 Å². The van der Waals surface area contributed by atoms with E-state index in [2.05, 4.69) is 0 Å². The number of benzene rings is 2. The van der Waals surface area contributed by atoms with Gasteiger partial charge in [-0.1, -0.05) is 44.2 Å². The van der Waals surface area contributed by atoms with Gasteiger partial charge in [0.15, 0.2) is 0 Å². The Morgan fingerprint density at radius 3 is 2.65 bits per heavy atom. The predicted octanol–water partition coefficient (Wildman–Crippen LogP) is 4.16. The minimum atomic E-state index is -0.970. The van der Waals surface area contributed by atoms with E-state index in [1.807, 2.05) is 56.3 Å². The fraction of sp³-hybridized carbons (Fsp3) is 0.238. The third kappa shape index (κ3) is 2.47. The van der Waals surface area contributed by atoms with Gasteiger partial charge in [0.2, 0.25) is 0 Å². The summed E-state index contributed by atoms with van der Waals surface area (Å²) in [4.78, 5) is 25.9. The molecule has 0 unspecified atom stereocenters. The molecule has 0 bridgehead atoms. The molecule has 0 saturated carbocycles. The molecule has 0 saturated heterocycles. The first-order valence-electron chi connectivity index (χ1n) is 8.60. The van der Waals surface area contributed by atoms with E-state index in [9.17, 15) is 14.7 Å². The summed E-state index contributed by atoms with van der Waals surface area (Å²) in [6.07, 6.45) is 1.69. The topological polar surface area (TPSA) is 70.8 Å². The minimum Gasteiger partial charge on any atom is -0.480 e. The van der Waals surface area contributed by atoms with Crippen LogP contribution in [0.15, 0.2) is 53.1 Å². The normalized spacial score (nSPS) is 14.9. The lowest BCUT2D eigenvalue weighted by atomic mass is 10.00. The molecule has 0 radical (unpaired) electrons. The number of carboxylic acid groups (broad SMARTS) is 1. The van der Waals surface area contributed by atoms with E-state index in [4.69, 9.17) is 4.42 Å². The van der Waals surface area contributed by atoms with Gasteiger partial charge < -0.3 is 14.4 Å². The van der Waals surface area contributed by atoms with E-state index in [0.717, 1.165) is 27.7 Å². The Labute approximate surface area is 150 Å². The highest BCUT2D eigenvalue weighted by Crippen LogP contribution is 2.34. The van der Waals surface area contributed by atoms with Crippen LogP contribution in [-0.2, 0) is 11.3 Å². The number of hydrogen-bond donors (Lipinski definition) is 1. The number of nitrogens with zero attached hydrogens (tertiary/aromatic N) is 1. The first-order valence-corrected chi connectivity index (χ1v) is 8.60. The van der Waals surface area contributed by atoms with Crippen LogP contribution in [0.5, 0.6) is 0 Å². The molecule has 0 aliphatic carbocycles. The van der Waals surface area contributed by atoms with Crippen molar-refractivity contribution in [2.45, 2.75) is 26.4 Å². The van der Waals surface area contributed by atoms with Crippen LogP contribution in [0.3, 0.4) is 0 Å². The zero-order chi connectivity index (χ0) is 18.4. The Morgan fingerprint density at radius 1 is 1.15 bits per heavy atom. The van der Waals surface area contributed by atoms with Crippen LogP contribution < -0.4 is 0 Å². The smallest absolute Gasteiger partial charge is 0.326 e. The maximum absolute atomic E-state index is 12.9. The molecule has 1 atom stereocenters. The Morgan fingerprint density at radius 2 is 1.92 bits per heavy atom. The van der Waals surface area contributed by atoms with Gasteiger partial charge in [0.05, 0.1) is 6.26 Å². The Bertz CT molecular complexity index is 1020. The number of fused-ring (bicyclic) bond motifs is 2. The number of furan rings is 1. The maximum atomic E-state index is 12.9. The number of carboxylic acids is 1. The number of carbonyl (C=O) groups is 2. The number of rotatable bonds is 4. The summed E-state index contributed by atoms with van der Waals surface area (Å²) in [7, 11) is 0. The lowest BCUT2D eigenvalue weighted by Gasteiger charge is -2.27. The molecule has 1 aliphatic heterocycles. The molecular weight excluding hydrogens is 330 g/mol. The number of hydrogen-bond acceptors (Lipinski definition) is 3. The van der Waals surface area contributed by atoms with Gasteiger partial charge >= 0.3 is 5.97 Å². The molecule has 4 rings (SSSR count). The van der Waals surface area contributed by atoms with Crippen LogP contribution in [0.1, 0.15) is 29.8 Å². The molecule has 132 valence electrons. The van der Waals surface area contributed by atoms with Crippen LogP contribution in [-0.4, -0.2) is 27.9 Å². The number of para-hydroxylation sites is 1. The molecular formula is C21H19NO4. The van der Waals surface area contributed by atoms with Gasteiger partial charge in [-0.05, 0) is 29.2 Å². The van der Waals surface area contributed by atoms with Gasteiger partial charge in [-0.3, -0.25) is 4.79 Å². The lowest BCUT2D eigenvalue weighted by molar-refractivity contribution is -0.144. The van der Waals surface area contributed by atoms with E-state index in [1.54, 1.807) is 6.26 Å². The van der Waals surface area contributed by atoms with Gasteiger partial charge in [0.1, 0.15) is 11.6 Å². The van der Waals surface area contributed by atoms with Crippen molar-refractivity contribution in [1.82, 2.24) is 4.90 Å². The number of aliphatic carboxylic acids is 1. The van der Waals surface area contributed by atoms with Crippen LogP contribution in [0.4, 0.5) is 0 Å². The van der Waals surface area contributed by atoms with Crippen molar-refractivity contribution < 1.29 is 19.1 Å². The predicted molar refractivity (Wildman–Crippen MR) is 97.8 cm³/mol. The molecule has 0 spiro atoms. The van der Waals surface area contributed by atoms with Crippen molar-refractivity contribution in [3.63, 3.8) is 0 Å². The highest BCUT2D eigenvalue weighted by atomic mass is 16.4. The van der Waals surface area contributed by atoms with Crippen molar-refractivity contribution in [2.24, 2.45) is 5.92 Å². The van der Waals surface area contributed by atoms with Crippen LogP contribution in [0.25, 0.3) is 22.1 Å². The second-order valence-corrected chi connectivity index (χ2v) is 6.98. The largest absolute Gasteiger partial charge is 0.480 e. The second kappa shape index (κ2) is 6.02. The summed E-state index contributed by atoms with van der Waals surface area (Å²) in [5, 5.41) is 10.5. The average molecular weight is 349 g/mol. The SMILES string of the molecule is CC(C)[C@@H](C(=O)O)N1Cc2ccc(-c3coc4ccccc34)cc2C1=O. The van der Waals surface area contributed by atoms with Crippen LogP contribution >= 0.6 is 0 Å². The van der Waals surface area contributed by atoms with E-state index in [0.29, 0.717) is 12.1 Å². The molecule has 0 fully saturated rings. The number of amides is 1. The third-order valence-electron chi connectivity index (χ3n) is 4.95. The first-order chi connectivity index (χ1) is 12.5. The fourth-order valence-electron chi connectivity index (χ4n) is 3.70. The molecule has 1 aliphatic rings. The highest BCUT2D eigenvalue weighted by molar-refractivity contribution is 6.02. The summed E-state index contributed by atoms with van der Waals surface area (Å²) in [5.41, 5.74) is 4.04. The summed E-state index contributed by atoms with van der Waals surface area (Å²) < 4.78 is 5.60. The summed E-state index contributed by atoms with van der Waals surface area (Å²) in [6.45, 7) is 3.96. The summed E-state index contributed by atoms with van der Waals surface area (Å²) >= 11 is 0. The molecule has 3 aromatic rings. The Hall–Kier alpha value is -3.08. The monoisotopic (exact) mass is 349 g/mol. The van der Waals surface area contributed by atoms with Crippen molar-refractivity contribution in [1.29, 1.82) is 0 Å². The molecule has 2 aromatic carbocycles. The second-order valence-electron chi connectivity index (χ2n) is 6.98. The van der Waals surface area contributed by atoms with E-state index in [1.165, 1.54) is 4.90 Å². The van der Waals surface area contributed by atoms with Crippen molar-refractivity contribution in [3.05, 3.63) is 59.9 Å². The molecule has 5 heteroatoms. The van der Waals surface area contributed by atoms with E-state index >= 15 is 0 Å². The summed E-state index contributed by atoms with van der Waals surface area (Å²) in [5.74, 6) is -1.36. The van der Waals surface area contributed by atoms with Gasteiger partial charge in [-0.25, -0.2) is 4.79 Å². The molecule has 2 heterocycles. The molecule has 1 N–H and O–H groups in total. The maximum Gasteiger partial charge on any atom is 0.326 e. The van der Waals surface area contributed by atoms with Crippen LogP contribution in [0.2, 0.25) is 0 Å². The van der Waals surface area contributed by atoms with E-state index < -0.39 is 12.0 Å². The zero-order valence-corrected chi connectivity index (χ0v) is 14.6. The fourth-order valence-corrected chi connectivity index (χ4v) is 3.70. The summed E-state index contributed by atoms with van der Waals surface area (Å²) in [6, 6.07) is 12.6. The highest BCUT2D eigenvalue weighted by Gasteiger charge is 2.38. The third-order valence-corrected chi connectivity index (χ3v) is 4.95. The standard InChI is InChI=1S/C21H19NO4/c1-12(2)19(21(24)25)22-10-14-8-7-13(9-16(14)20(22)23)17-11-26-18-6-4-3-5-15(17)18/h3-9,11-12,19H,10H2,1-2H3,(H,24,25)/t19-/m0/s1. The van der Waals surface area contributed by atoms with Crippen molar-refractivity contribution in [2.75, 3.05) is 0 Å².